The Bertz CT molecular complexity index is 468. The Morgan fingerprint density at radius 3 is 2.17 bits per heavy atom. The van der Waals surface area contributed by atoms with Crippen molar-refractivity contribution in [3.8, 4) is 11.5 Å². The summed E-state index contributed by atoms with van der Waals surface area (Å²) in [5.74, 6) is -0.436. The molecule has 0 bridgehead atoms. The van der Waals surface area contributed by atoms with E-state index in [0.29, 0.717) is 11.5 Å². The van der Waals surface area contributed by atoms with Crippen LogP contribution < -0.4 is 15.2 Å². The summed E-state index contributed by atoms with van der Waals surface area (Å²) in [6, 6.07) is 2.75. The van der Waals surface area contributed by atoms with Gasteiger partial charge in [-0.3, -0.25) is 0 Å². The lowest BCUT2D eigenvalue weighted by Crippen LogP contribution is -2.06. The van der Waals surface area contributed by atoms with E-state index in [1.807, 2.05) is 0 Å². The van der Waals surface area contributed by atoms with Crippen LogP contribution >= 0.6 is 0 Å². The van der Waals surface area contributed by atoms with Crippen LogP contribution in [-0.4, -0.2) is 24.3 Å². The van der Waals surface area contributed by atoms with Crippen molar-refractivity contribution < 1.29 is 19.4 Å². The molecule has 0 radical (unpaired) electrons. The van der Waals surface area contributed by atoms with Gasteiger partial charge in [-0.25, -0.2) is 4.79 Å². The predicted molar refractivity (Wildman–Crippen MR) is 69.2 cm³/mol. The minimum absolute atomic E-state index is 0.0278. The van der Waals surface area contributed by atoms with E-state index >= 15 is 0 Å². The van der Waals surface area contributed by atoms with E-state index in [0.717, 1.165) is 0 Å². The number of aromatic carboxylic acids is 1. The smallest absolute Gasteiger partial charge is 0.337 e. The van der Waals surface area contributed by atoms with Crippen LogP contribution in [0.2, 0.25) is 0 Å². The van der Waals surface area contributed by atoms with Gasteiger partial charge in [-0.1, -0.05) is 25.3 Å². The number of nitrogen functional groups attached to an aromatic ring is 1. The van der Waals surface area contributed by atoms with Crippen LogP contribution in [0.3, 0.4) is 0 Å². The van der Waals surface area contributed by atoms with Crippen molar-refractivity contribution in [1.82, 2.24) is 0 Å². The van der Waals surface area contributed by atoms with E-state index in [2.05, 4.69) is 13.2 Å². The SMILES string of the molecule is C=CCOc1cc(N)c(C(=O)O)cc1OCC=C. The third-order valence-corrected chi connectivity index (χ3v) is 2.06. The van der Waals surface area contributed by atoms with Crippen LogP contribution in [0.15, 0.2) is 37.4 Å². The monoisotopic (exact) mass is 249 g/mol. The van der Waals surface area contributed by atoms with Crippen molar-refractivity contribution in [1.29, 1.82) is 0 Å². The molecule has 0 aliphatic rings. The summed E-state index contributed by atoms with van der Waals surface area (Å²) in [5.41, 5.74) is 5.72. The maximum atomic E-state index is 11.0. The molecule has 0 aromatic heterocycles. The van der Waals surface area contributed by atoms with Crippen molar-refractivity contribution in [3.05, 3.63) is 43.0 Å². The first kappa shape index (κ1) is 13.6. The van der Waals surface area contributed by atoms with Gasteiger partial charge < -0.3 is 20.3 Å². The molecule has 1 rings (SSSR count). The first-order chi connectivity index (χ1) is 8.60. The fraction of sp³-hybridized carbons (Fsp3) is 0.154. The number of rotatable bonds is 7. The van der Waals surface area contributed by atoms with E-state index in [4.69, 9.17) is 20.3 Å². The molecule has 0 amide bonds. The minimum atomic E-state index is -1.12. The van der Waals surface area contributed by atoms with Crippen LogP contribution in [0.1, 0.15) is 10.4 Å². The number of carbonyl (C=O) groups is 1. The zero-order valence-corrected chi connectivity index (χ0v) is 9.89. The van der Waals surface area contributed by atoms with E-state index < -0.39 is 5.97 Å². The second kappa shape index (κ2) is 6.34. The van der Waals surface area contributed by atoms with Crippen LogP contribution in [0.5, 0.6) is 11.5 Å². The Labute approximate surface area is 105 Å². The highest BCUT2D eigenvalue weighted by atomic mass is 16.5. The molecule has 0 atom stereocenters. The highest BCUT2D eigenvalue weighted by Gasteiger charge is 2.14. The fourth-order valence-corrected chi connectivity index (χ4v) is 1.28. The molecule has 0 saturated heterocycles. The zero-order chi connectivity index (χ0) is 13.5. The average Bonchev–Trinajstić information content (AvgIpc) is 2.34. The summed E-state index contributed by atoms with van der Waals surface area (Å²) in [6.07, 6.45) is 3.12. The van der Waals surface area contributed by atoms with Gasteiger partial charge in [0.25, 0.3) is 0 Å². The summed E-state index contributed by atoms with van der Waals surface area (Å²) >= 11 is 0. The molecule has 0 aliphatic carbocycles. The normalized spacial score (nSPS) is 9.56. The van der Waals surface area contributed by atoms with Crippen LogP contribution in [0.4, 0.5) is 5.69 Å². The Kier molecular flexibility index (Phi) is 4.80. The molecular formula is C13H15NO4. The first-order valence-electron chi connectivity index (χ1n) is 5.24. The van der Waals surface area contributed by atoms with Gasteiger partial charge in [0.1, 0.15) is 13.2 Å². The van der Waals surface area contributed by atoms with Crippen LogP contribution in [-0.2, 0) is 0 Å². The summed E-state index contributed by atoms with van der Waals surface area (Å²) in [6.45, 7) is 7.57. The van der Waals surface area contributed by atoms with E-state index in [9.17, 15) is 4.79 Å². The third-order valence-electron chi connectivity index (χ3n) is 2.06. The zero-order valence-electron chi connectivity index (χ0n) is 9.89. The fourth-order valence-electron chi connectivity index (χ4n) is 1.28. The number of carboxylic acid groups (broad SMARTS) is 1. The molecule has 1 aromatic carbocycles. The Morgan fingerprint density at radius 1 is 1.22 bits per heavy atom. The van der Waals surface area contributed by atoms with E-state index in [1.54, 1.807) is 12.2 Å². The van der Waals surface area contributed by atoms with Gasteiger partial charge in [-0.05, 0) is 0 Å². The molecule has 0 saturated carbocycles. The van der Waals surface area contributed by atoms with Gasteiger partial charge in [0.2, 0.25) is 0 Å². The van der Waals surface area contributed by atoms with Crippen molar-refractivity contribution in [2.24, 2.45) is 0 Å². The van der Waals surface area contributed by atoms with E-state index in [1.165, 1.54) is 12.1 Å². The number of benzene rings is 1. The largest absolute Gasteiger partial charge is 0.486 e. The van der Waals surface area contributed by atoms with Crippen LogP contribution in [0, 0.1) is 0 Å². The summed E-state index contributed by atoms with van der Waals surface area (Å²) < 4.78 is 10.7. The number of nitrogens with two attached hydrogens (primary N) is 1. The second-order valence-corrected chi connectivity index (χ2v) is 3.39. The summed E-state index contributed by atoms with van der Waals surface area (Å²) in [5, 5.41) is 8.97. The summed E-state index contributed by atoms with van der Waals surface area (Å²) in [4.78, 5) is 11.0. The van der Waals surface area contributed by atoms with E-state index in [-0.39, 0.29) is 24.5 Å². The van der Waals surface area contributed by atoms with Gasteiger partial charge in [-0.2, -0.15) is 0 Å². The highest BCUT2D eigenvalue weighted by Crippen LogP contribution is 2.32. The number of hydrogen-bond acceptors (Lipinski definition) is 4. The molecule has 1 aromatic rings. The topological polar surface area (TPSA) is 81.8 Å². The molecule has 96 valence electrons. The number of carboxylic acids is 1. The number of anilines is 1. The number of ether oxygens (including phenoxy) is 2. The molecule has 5 nitrogen and oxygen atoms in total. The lowest BCUT2D eigenvalue weighted by atomic mass is 10.1. The molecule has 5 heteroatoms. The van der Waals surface area contributed by atoms with Gasteiger partial charge in [0, 0.05) is 12.1 Å². The lowest BCUT2D eigenvalue weighted by Gasteiger charge is -2.13. The standard InChI is InChI=1S/C13H15NO4/c1-3-5-17-11-7-9(13(15)16)10(14)8-12(11)18-6-4-2/h3-4,7-8H,1-2,5-6,14H2,(H,15,16). The maximum absolute atomic E-state index is 11.0. The predicted octanol–water partition coefficient (Wildman–Crippen LogP) is 2.10. The van der Waals surface area contributed by atoms with Crippen molar-refractivity contribution in [3.63, 3.8) is 0 Å². The number of hydrogen-bond donors (Lipinski definition) is 2. The van der Waals surface area contributed by atoms with Gasteiger partial charge in [0.05, 0.1) is 11.3 Å². The summed E-state index contributed by atoms with van der Waals surface area (Å²) in [7, 11) is 0. The maximum Gasteiger partial charge on any atom is 0.337 e. The van der Waals surface area contributed by atoms with Crippen LogP contribution in [0.25, 0.3) is 0 Å². The first-order valence-corrected chi connectivity index (χ1v) is 5.24. The lowest BCUT2D eigenvalue weighted by molar-refractivity contribution is 0.0697. The quantitative estimate of drug-likeness (QED) is 0.571. The Morgan fingerprint density at radius 2 is 1.72 bits per heavy atom. The van der Waals surface area contributed by atoms with Crippen molar-refractivity contribution >= 4 is 11.7 Å². The average molecular weight is 249 g/mol. The Balaban J connectivity index is 3.13. The van der Waals surface area contributed by atoms with Crippen molar-refractivity contribution in [2.75, 3.05) is 18.9 Å². The van der Waals surface area contributed by atoms with Gasteiger partial charge >= 0.3 is 5.97 Å². The highest BCUT2D eigenvalue weighted by molar-refractivity contribution is 5.94. The Hall–Kier alpha value is -2.43. The molecule has 3 N–H and O–H groups in total. The molecule has 0 fully saturated rings. The third kappa shape index (κ3) is 3.28. The van der Waals surface area contributed by atoms with Gasteiger partial charge in [-0.15, -0.1) is 0 Å². The molecule has 18 heavy (non-hydrogen) atoms. The molecule has 0 unspecified atom stereocenters. The molecular weight excluding hydrogens is 234 g/mol. The second-order valence-electron chi connectivity index (χ2n) is 3.39. The van der Waals surface area contributed by atoms with Gasteiger partial charge in [0.15, 0.2) is 11.5 Å². The minimum Gasteiger partial charge on any atom is -0.486 e. The molecule has 0 heterocycles. The molecule has 0 spiro atoms. The molecule has 0 aliphatic heterocycles. The van der Waals surface area contributed by atoms with Crippen molar-refractivity contribution in [2.45, 2.75) is 0 Å².